The van der Waals surface area contributed by atoms with Gasteiger partial charge in [0.1, 0.15) is 11.4 Å². The number of benzene rings is 1. The number of hydrogen-bond donors (Lipinski definition) is 2. The van der Waals surface area contributed by atoms with Gasteiger partial charge in [-0.1, -0.05) is 32.0 Å². The number of aryl methyl sites for hydroxylation is 2. The highest BCUT2D eigenvalue weighted by Gasteiger charge is 2.17. The van der Waals surface area contributed by atoms with Gasteiger partial charge >= 0.3 is 5.97 Å². The minimum atomic E-state index is -0.968. The molecule has 4 heteroatoms. The first-order valence-corrected chi connectivity index (χ1v) is 6.97. The summed E-state index contributed by atoms with van der Waals surface area (Å²) in [7, 11) is 0. The number of anilines is 2. The summed E-state index contributed by atoms with van der Waals surface area (Å²) in [6, 6.07) is 9.67. The highest BCUT2D eigenvalue weighted by molar-refractivity contribution is 5.95. The van der Waals surface area contributed by atoms with Crippen molar-refractivity contribution in [1.82, 2.24) is 4.98 Å². The third-order valence-electron chi connectivity index (χ3n) is 3.39. The van der Waals surface area contributed by atoms with Crippen molar-refractivity contribution in [2.24, 2.45) is 0 Å². The van der Waals surface area contributed by atoms with Crippen molar-refractivity contribution in [1.29, 1.82) is 0 Å². The van der Waals surface area contributed by atoms with E-state index < -0.39 is 5.97 Å². The Kier molecular flexibility index (Phi) is 4.26. The van der Waals surface area contributed by atoms with Crippen LogP contribution in [0, 0.1) is 13.8 Å². The summed E-state index contributed by atoms with van der Waals surface area (Å²) < 4.78 is 0. The molecule has 2 N–H and O–H groups in total. The van der Waals surface area contributed by atoms with Crippen LogP contribution in [0.1, 0.15) is 46.9 Å². The summed E-state index contributed by atoms with van der Waals surface area (Å²) in [5, 5.41) is 12.6. The molecule has 0 bridgehead atoms. The molecule has 4 nitrogen and oxygen atoms in total. The van der Waals surface area contributed by atoms with Crippen LogP contribution < -0.4 is 5.32 Å². The molecule has 1 aromatic carbocycles. The second-order valence-electron chi connectivity index (χ2n) is 5.48. The van der Waals surface area contributed by atoms with E-state index in [2.05, 4.69) is 24.1 Å². The molecule has 1 heterocycles. The Morgan fingerprint density at radius 2 is 1.90 bits per heavy atom. The van der Waals surface area contributed by atoms with Crippen LogP contribution in [-0.2, 0) is 0 Å². The number of para-hydroxylation sites is 1. The first-order valence-electron chi connectivity index (χ1n) is 6.97. The van der Waals surface area contributed by atoms with Crippen molar-refractivity contribution in [3.8, 4) is 0 Å². The minimum Gasteiger partial charge on any atom is -0.478 e. The number of carboxylic acid groups (broad SMARTS) is 1. The van der Waals surface area contributed by atoms with E-state index in [1.807, 2.05) is 31.2 Å². The summed E-state index contributed by atoms with van der Waals surface area (Å²) in [6.07, 6.45) is 0. The van der Waals surface area contributed by atoms with Gasteiger partial charge in [-0.25, -0.2) is 9.78 Å². The zero-order chi connectivity index (χ0) is 15.6. The first-order chi connectivity index (χ1) is 9.90. The number of aromatic nitrogens is 1. The maximum atomic E-state index is 11.5. The van der Waals surface area contributed by atoms with E-state index in [0.717, 1.165) is 16.9 Å². The lowest BCUT2D eigenvalue weighted by molar-refractivity contribution is 0.0697. The number of carbonyl (C=O) groups is 1. The lowest BCUT2D eigenvalue weighted by Gasteiger charge is -2.16. The Morgan fingerprint density at radius 1 is 1.24 bits per heavy atom. The summed E-state index contributed by atoms with van der Waals surface area (Å²) in [4.78, 5) is 15.8. The molecule has 0 aliphatic rings. The standard InChI is InChI=1S/C17H20N2O2/c1-10(2)13-7-5-6-8-14(13)19-16-15(17(20)21)11(3)9-12(4)18-16/h5-10H,1-4H3,(H,18,19)(H,20,21). The van der Waals surface area contributed by atoms with E-state index in [1.165, 1.54) is 0 Å². The molecule has 110 valence electrons. The molecular formula is C17H20N2O2. The molecule has 0 atom stereocenters. The number of pyridine rings is 1. The van der Waals surface area contributed by atoms with Crippen molar-refractivity contribution < 1.29 is 9.90 Å². The molecule has 2 rings (SSSR count). The van der Waals surface area contributed by atoms with Crippen molar-refractivity contribution in [3.63, 3.8) is 0 Å². The van der Waals surface area contributed by atoms with E-state index in [0.29, 0.717) is 17.3 Å². The maximum Gasteiger partial charge on any atom is 0.339 e. The van der Waals surface area contributed by atoms with Crippen LogP contribution in [0.15, 0.2) is 30.3 Å². The van der Waals surface area contributed by atoms with Gasteiger partial charge in [-0.2, -0.15) is 0 Å². The summed E-state index contributed by atoms with van der Waals surface area (Å²) in [5.41, 5.74) is 3.75. The smallest absolute Gasteiger partial charge is 0.339 e. The van der Waals surface area contributed by atoms with Crippen LogP contribution in [0.2, 0.25) is 0 Å². The number of carboxylic acids is 1. The molecule has 1 aromatic heterocycles. The molecule has 21 heavy (non-hydrogen) atoms. The molecule has 0 spiro atoms. The Morgan fingerprint density at radius 3 is 2.52 bits per heavy atom. The van der Waals surface area contributed by atoms with E-state index in [9.17, 15) is 9.90 Å². The van der Waals surface area contributed by atoms with E-state index in [1.54, 1.807) is 13.0 Å². The van der Waals surface area contributed by atoms with Gasteiger partial charge in [0.05, 0.1) is 0 Å². The zero-order valence-electron chi connectivity index (χ0n) is 12.8. The highest BCUT2D eigenvalue weighted by Crippen LogP contribution is 2.28. The summed E-state index contributed by atoms with van der Waals surface area (Å²) in [5.74, 6) is -0.231. The second kappa shape index (κ2) is 5.95. The van der Waals surface area contributed by atoms with Crippen molar-refractivity contribution in [2.45, 2.75) is 33.6 Å². The Balaban J connectivity index is 2.52. The van der Waals surface area contributed by atoms with Gasteiger partial charge in [0, 0.05) is 11.4 Å². The van der Waals surface area contributed by atoms with Crippen LogP contribution in [0.3, 0.4) is 0 Å². The van der Waals surface area contributed by atoms with Crippen molar-refractivity contribution in [2.75, 3.05) is 5.32 Å². The summed E-state index contributed by atoms with van der Waals surface area (Å²) >= 11 is 0. The fourth-order valence-corrected chi connectivity index (χ4v) is 2.44. The summed E-state index contributed by atoms with van der Waals surface area (Å²) in [6.45, 7) is 7.86. The van der Waals surface area contributed by atoms with Crippen LogP contribution in [0.25, 0.3) is 0 Å². The van der Waals surface area contributed by atoms with Gasteiger partial charge in [0.2, 0.25) is 0 Å². The predicted octanol–water partition coefficient (Wildman–Crippen LogP) is 4.26. The quantitative estimate of drug-likeness (QED) is 0.880. The van der Waals surface area contributed by atoms with Crippen molar-refractivity contribution in [3.05, 3.63) is 52.7 Å². The number of nitrogens with one attached hydrogen (secondary N) is 1. The molecule has 0 saturated carbocycles. The molecule has 0 aliphatic heterocycles. The SMILES string of the molecule is Cc1cc(C)c(C(=O)O)c(Nc2ccccc2C(C)C)n1. The fourth-order valence-electron chi connectivity index (χ4n) is 2.44. The van der Waals surface area contributed by atoms with Gasteiger partial charge in [0.15, 0.2) is 0 Å². The first kappa shape index (κ1) is 15.0. The van der Waals surface area contributed by atoms with Gasteiger partial charge < -0.3 is 10.4 Å². The lowest BCUT2D eigenvalue weighted by atomic mass is 10.0. The Bertz CT molecular complexity index is 678. The largest absolute Gasteiger partial charge is 0.478 e. The lowest BCUT2D eigenvalue weighted by Crippen LogP contribution is -2.09. The number of rotatable bonds is 4. The topological polar surface area (TPSA) is 62.2 Å². The average molecular weight is 284 g/mol. The number of nitrogens with zero attached hydrogens (tertiary/aromatic N) is 1. The third-order valence-corrected chi connectivity index (χ3v) is 3.39. The minimum absolute atomic E-state index is 0.221. The van der Waals surface area contributed by atoms with Gasteiger partial charge in [-0.05, 0) is 43.0 Å². The fraction of sp³-hybridized carbons (Fsp3) is 0.294. The monoisotopic (exact) mass is 284 g/mol. The molecule has 0 amide bonds. The highest BCUT2D eigenvalue weighted by atomic mass is 16.4. The molecular weight excluding hydrogens is 264 g/mol. The van der Waals surface area contributed by atoms with Gasteiger partial charge in [0.25, 0.3) is 0 Å². The van der Waals surface area contributed by atoms with Gasteiger partial charge in [-0.3, -0.25) is 0 Å². The normalized spacial score (nSPS) is 10.7. The van der Waals surface area contributed by atoms with Crippen molar-refractivity contribution >= 4 is 17.5 Å². The van der Waals surface area contributed by atoms with Crippen LogP contribution in [0.4, 0.5) is 11.5 Å². The van der Waals surface area contributed by atoms with Crippen LogP contribution in [-0.4, -0.2) is 16.1 Å². The molecule has 0 saturated heterocycles. The molecule has 0 radical (unpaired) electrons. The van der Waals surface area contributed by atoms with E-state index >= 15 is 0 Å². The van der Waals surface area contributed by atoms with Gasteiger partial charge in [-0.15, -0.1) is 0 Å². The number of hydrogen-bond acceptors (Lipinski definition) is 3. The average Bonchev–Trinajstić information content (AvgIpc) is 2.37. The molecule has 0 unspecified atom stereocenters. The molecule has 0 aliphatic carbocycles. The maximum absolute atomic E-state index is 11.5. The molecule has 2 aromatic rings. The predicted molar refractivity (Wildman–Crippen MR) is 84.5 cm³/mol. The Labute approximate surface area is 124 Å². The third kappa shape index (κ3) is 3.21. The van der Waals surface area contributed by atoms with E-state index in [4.69, 9.17) is 0 Å². The van der Waals surface area contributed by atoms with Crippen LogP contribution in [0.5, 0.6) is 0 Å². The Hall–Kier alpha value is -2.36. The van der Waals surface area contributed by atoms with E-state index in [-0.39, 0.29) is 5.56 Å². The second-order valence-corrected chi connectivity index (χ2v) is 5.48. The zero-order valence-corrected chi connectivity index (χ0v) is 12.8. The van der Waals surface area contributed by atoms with Crippen LogP contribution >= 0.6 is 0 Å². The molecule has 0 fully saturated rings. The number of aromatic carboxylic acids is 1.